The molecule has 0 saturated carbocycles. The molecule has 0 atom stereocenters. The van der Waals surface area contributed by atoms with Crippen LogP contribution in [-0.4, -0.2) is 39.0 Å². The fourth-order valence-electron chi connectivity index (χ4n) is 4.83. The van der Waals surface area contributed by atoms with Gasteiger partial charge >= 0.3 is 0 Å². The summed E-state index contributed by atoms with van der Waals surface area (Å²) in [6, 6.07) is 16.8. The lowest BCUT2D eigenvalue weighted by Gasteiger charge is -2.34. The van der Waals surface area contributed by atoms with Gasteiger partial charge < -0.3 is 19.7 Å². The molecule has 1 aliphatic rings. The lowest BCUT2D eigenvalue weighted by atomic mass is 9.88. The minimum atomic E-state index is -0.347. The van der Waals surface area contributed by atoms with Gasteiger partial charge in [0, 0.05) is 35.7 Å². The zero-order valence-corrected chi connectivity index (χ0v) is 20.8. The third kappa shape index (κ3) is 5.20. The van der Waals surface area contributed by atoms with Crippen molar-refractivity contribution < 1.29 is 23.5 Å². The molecule has 1 amide bonds. The summed E-state index contributed by atoms with van der Waals surface area (Å²) in [6.45, 7) is 3.36. The number of ether oxygens (including phenoxy) is 2. The predicted octanol–water partition coefficient (Wildman–Crippen LogP) is 5.76. The van der Waals surface area contributed by atoms with E-state index in [-0.39, 0.29) is 23.4 Å². The van der Waals surface area contributed by atoms with Gasteiger partial charge in [-0.25, -0.2) is 4.39 Å². The number of ketones is 1. The number of halogens is 1. The molecule has 3 aromatic carbocycles. The minimum absolute atomic E-state index is 0.0548. The summed E-state index contributed by atoms with van der Waals surface area (Å²) in [4.78, 5) is 28.3. The molecule has 1 saturated heterocycles. The molecule has 3 aromatic rings. The van der Waals surface area contributed by atoms with E-state index < -0.39 is 0 Å². The van der Waals surface area contributed by atoms with Crippen LogP contribution in [0.25, 0.3) is 0 Å². The molecule has 0 bridgehead atoms. The molecule has 0 radical (unpaired) electrons. The standard InChI is InChI=1S/C29H31FN2O4/c1-4-22-23(29(34)31-24-7-5-6-8-26(24)35-2)13-14-25(28(22)36-3)32-17-15-20(16-18-32)27(33)19-9-11-21(30)12-10-19/h5-14,20H,4,15-18H2,1-3H3,(H,31,34). The molecule has 1 fully saturated rings. The summed E-state index contributed by atoms with van der Waals surface area (Å²) in [5.41, 5.74) is 3.43. The van der Waals surface area contributed by atoms with Crippen molar-refractivity contribution in [1.29, 1.82) is 0 Å². The van der Waals surface area contributed by atoms with Crippen LogP contribution in [0.2, 0.25) is 0 Å². The number of amides is 1. The van der Waals surface area contributed by atoms with E-state index >= 15 is 0 Å². The van der Waals surface area contributed by atoms with E-state index in [1.807, 2.05) is 31.2 Å². The van der Waals surface area contributed by atoms with Crippen LogP contribution in [0.1, 0.15) is 46.0 Å². The molecule has 7 heteroatoms. The average molecular weight is 491 g/mol. The van der Waals surface area contributed by atoms with Crippen LogP contribution in [0.15, 0.2) is 60.7 Å². The number of anilines is 2. The number of carbonyl (C=O) groups excluding carboxylic acids is 2. The van der Waals surface area contributed by atoms with E-state index in [1.165, 1.54) is 12.1 Å². The Labute approximate surface area is 211 Å². The Bertz CT molecular complexity index is 1230. The third-order valence-corrected chi connectivity index (χ3v) is 6.73. The Kier molecular flexibility index (Phi) is 7.88. The average Bonchev–Trinajstić information content (AvgIpc) is 2.92. The van der Waals surface area contributed by atoms with Gasteiger partial charge in [-0.2, -0.15) is 0 Å². The van der Waals surface area contributed by atoms with E-state index in [9.17, 15) is 14.0 Å². The summed E-state index contributed by atoms with van der Waals surface area (Å²) >= 11 is 0. The Morgan fingerprint density at radius 1 is 0.972 bits per heavy atom. The predicted molar refractivity (Wildman–Crippen MR) is 139 cm³/mol. The van der Waals surface area contributed by atoms with Gasteiger partial charge in [-0.05, 0) is 67.8 Å². The smallest absolute Gasteiger partial charge is 0.256 e. The Hall–Kier alpha value is -3.87. The van der Waals surface area contributed by atoms with Gasteiger partial charge in [0.15, 0.2) is 5.78 Å². The maximum Gasteiger partial charge on any atom is 0.256 e. The van der Waals surface area contributed by atoms with Crippen molar-refractivity contribution in [2.45, 2.75) is 26.2 Å². The van der Waals surface area contributed by atoms with Crippen molar-refractivity contribution in [3.05, 3.63) is 83.2 Å². The molecule has 36 heavy (non-hydrogen) atoms. The fraction of sp³-hybridized carbons (Fsp3) is 0.310. The summed E-state index contributed by atoms with van der Waals surface area (Å²) < 4.78 is 24.4. The molecule has 1 N–H and O–H groups in total. The second kappa shape index (κ2) is 11.2. The summed E-state index contributed by atoms with van der Waals surface area (Å²) in [5, 5.41) is 2.95. The van der Waals surface area contributed by atoms with Gasteiger partial charge in [0.1, 0.15) is 17.3 Å². The van der Waals surface area contributed by atoms with Crippen molar-refractivity contribution in [3.63, 3.8) is 0 Å². The zero-order chi connectivity index (χ0) is 25.7. The molecule has 188 valence electrons. The number of hydrogen-bond acceptors (Lipinski definition) is 5. The number of hydrogen-bond donors (Lipinski definition) is 1. The van der Waals surface area contributed by atoms with Crippen molar-refractivity contribution in [2.75, 3.05) is 37.5 Å². The normalized spacial score (nSPS) is 13.8. The fourth-order valence-corrected chi connectivity index (χ4v) is 4.83. The number of Topliss-reactive ketones (excluding diaryl/α,β-unsaturated/α-hetero) is 1. The lowest BCUT2D eigenvalue weighted by molar-refractivity contribution is 0.0900. The monoisotopic (exact) mass is 490 g/mol. The SMILES string of the molecule is CCc1c(C(=O)Nc2ccccc2OC)ccc(N2CCC(C(=O)c3ccc(F)cc3)CC2)c1OC. The largest absolute Gasteiger partial charge is 0.495 e. The van der Waals surface area contributed by atoms with E-state index in [4.69, 9.17) is 9.47 Å². The van der Waals surface area contributed by atoms with Crippen LogP contribution in [-0.2, 0) is 6.42 Å². The van der Waals surface area contributed by atoms with Crippen LogP contribution in [0.3, 0.4) is 0 Å². The van der Waals surface area contributed by atoms with Crippen LogP contribution < -0.4 is 19.7 Å². The van der Waals surface area contributed by atoms with Crippen molar-refractivity contribution in [1.82, 2.24) is 0 Å². The van der Waals surface area contributed by atoms with Gasteiger partial charge in [-0.3, -0.25) is 9.59 Å². The highest BCUT2D eigenvalue weighted by molar-refractivity contribution is 6.07. The van der Waals surface area contributed by atoms with Gasteiger partial charge in [-0.15, -0.1) is 0 Å². The zero-order valence-electron chi connectivity index (χ0n) is 20.8. The first-order valence-corrected chi connectivity index (χ1v) is 12.2. The number of rotatable bonds is 8. The molecular weight excluding hydrogens is 459 g/mol. The Morgan fingerprint density at radius 2 is 1.67 bits per heavy atom. The number of nitrogens with zero attached hydrogens (tertiary/aromatic N) is 1. The second-order valence-electron chi connectivity index (χ2n) is 8.78. The first-order chi connectivity index (χ1) is 17.5. The summed E-state index contributed by atoms with van der Waals surface area (Å²) in [7, 11) is 3.18. The van der Waals surface area contributed by atoms with E-state index in [0.29, 0.717) is 60.7 Å². The molecule has 0 unspecified atom stereocenters. The molecule has 0 aliphatic carbocycles. The number of carbonyl (C=O) groups is 2. The van der Waals surface area contributed by atoms with E-state index in [1.54, 1.807) is 38.5 Å². The number of piperidine rings is 1. The highest BCUT2D eigenvalue weighted by Crippen LogP contribution is 2.38. The number of benzene rings is 3. The number of methoxy groups -OCH3 is 2. The molecule has 6 nitrogen and oxygen atoms in total. The molecule has 4 rings (SSSR count). The first kappa shape index (κ1) is 25.2. The summed E-state index contributed by atoms with van der Waals surface area (Å²) in [5.74, 6) is 0.637. The van der Waals surface area contributed by atoms with Gasteiger partial charge in [0.05, 0.1) is 25.6 Å². The Balaban J connectivity index is 1.52. The third-order valence-electron chi connectivity index (χ3n) is 6.73. The molecule has 1 aliphatic heterocycles. The highest BCUT2D eigenvalue weighted by Gasteiger charge is 2.28. The van der Waals surface area contributed by atoms with Gasteiger partial charge in [0.25, 0.3) is 5.91 Å². The summed E-state index contributed by atoms with van der Waals surface area (Å²) in [6.07, 6.45) is 2.00. The molecular formula is C29H31FN2O4. The van der Waals surface area contributed by atoms with Crippen LogP contribution in [0.4, 0.5) is 15.8 Å². The molecule has 0 spiro atoms. The quantitative estimate of drug-likeness (QED) is 0.407. The van der Waals surface area contributed by atoms with Crippen LogP contribution in [0, 0.1) is 11.7 Å². The van der Waals surface area contributed by atoms with Gasteiger partial charge in [-0.1, -0.05) is 19.1 Å². The minimum Gasteiger partial charge on any atom is -0.495 e. The molecule has 0 aromatic heterocycles. The maximum absolute atomic E-state index is 13.2. The Morgan fingerprint density at radius 3 is 2.31 bits per heavy atom. The van der Waals surface area contributed by atoms with Crippen LogP contribution >= 0.6 is 0 Å². The topological polar surface area (TPSA) is 67.9 Å². The first-order valence-electron chi connectivity index (χ1n) is 12.2. The van der Waals surface area contributed by atoms with Crippen LogP contribution in [0.5, 0.6) is 11.5 Å². The van der Waals surface area contributed by atoms with Gasteiger partial charge in [0.2, 0.25) is 0 Å². The lowest BCUT2D eigenvalue weighted by Crippen LogP contribution is -2.36. The van der Waals surface area contributed by atoms with Crippen molar-refractivity contribution in [2.24, 2.45) is 5.92 Å². The van der Waals surface area contributed by atoms with E-state index in [2.05, 4.69) is 10.2 Å². The van der Waals surface area contributed by atoms with E-state index in [0.717, 1.165) is 11.3 Å². The maximum atomic E-state index is 13.2. The molecule has 1 heterocycles. The highest BCUT2D eigenvalue weighted by atomic mass is 19.1. The number of nitrogens with one attached hydrogen (secondary N) is 1. The van der Waals surface area contributed by atoms with Crippen molar-refractivity contribution >= 4 is 23.1 Å². The second-order valence-corrected chi connectivity index (χ2v) is 8.78. The number of para-hydroxylation sites is 2. The van der Waals surface area contributed by atoms with Crippen molar-refractivity contribution in [3.8, 4) is 11.5 Å².